The molecule has 3 atom stereocenters. The van der Waals surface area contributed by atoms with Crippen molar-refractivity contribution in [2.24, 2.45) is 5.92 Å². The number of rotatable bonds is 4. The molecule has 7 heteroatoms. The standard InChI is InChI=1S/C14H22N4O3/c1-7(2)6-18-12(15)11(13(19)17-14(18)20)16-9-5-8-3-4-10(9)21-8/h7-10,16H,3-6,15H2,1-2H3,(H,17,19,20). The highest BCUT2D eigenvalue weighted by molar-refractivity contribution is 5.61. The summed E-state index contributed by atoms with van der Waals surface area (Å²) in [7, 11) is 0. The molecule has 4 N–H and O–H groups in total. The van der Waals surface area contributed by atoms with Crippen molar-refractivity contribution in [1.82, 2.24) is 9.55 Å². The van der Waals surface area contributed by atoms with Crippen LogP contribution in [0.25, 0.3) is 0 Å². The summed E-state index contributed by atoms with van der Waals surface area (Å²) in [5, 5.41) is 3.20. The number of nitrogen functional groups attached to an aromatic ring is 1. The van der Waals surface area contributed by atoms with Crippen molar-refractivity contribution in [3.63, 3.8) is 0 Å². The number of nitrogens with two attached hydrogens (primary N) is 1. The Balaban J connectivity index is 1.91. The van der Waals surface area contributed by atoms with E-state index in [4.69, 9.17) is 10.5 Å². The fourth-order valence-electron chi connectivity index (χ4n) is 3.25. The summed E-state index contributed by atoms with van der Waals surface area (Å²) in [6, 6.07) is 0.0946. The Hall–Kier alpha value is -1.76. The molecule has 2 fully saturated rings. The molecule has 2 aliphatic heterocycles. The molecule has 0 amide bonds. The minimum atomic E-state index is -0.458. The lowest BCUT2D eigenvalue weighted by Gasteiger charge is -2.22. The second-order valence-corrected chi connectivity index (χ2v) is 6.38. The van der Waals surface area contributed by atoms with Crippen LogP contribution in [0.4, 0.5) is 11.5 Å². The summed E-state index contributed by atoms with van der Waals surface area (Å²) in [4.78, 5) is 26.3. The molecule has 0 saturated carbocycles. The van der Waals surface area contributed by atoms with Crippen molar-refractivity contribution in [1.29, 1.82) is 0 Å². The lowest BCUT2D eigenvalue weighted by molar-refractivity contribution is 0.102. The van der Waals surface area contributed by atoms with Crippen molar-refractivity contribution in [3.05, 3.63) is 20.8 Å². The number of hydrogen-bond acceptors (Lipinski definition) is 5. The molecule has 1 aromatic rings. The summed E-state index contributed by atoms with van der Waals surface area (Å²) in [6.07, 6.45) is 3.40. The van der Waals surface area contributed by atoms with E-state index in [0.717, 1.165) is 19.3 Å². The molecule has 1 aromatic heterocycles. The minimum Gasteiger partial charge on any atom is -0.383 e. The van der Waals surface area contributed by atoms with E-state index in [9.17, 15) is 9.59 Å². The van der Waals surface area contributed by atoms with Gasteiger partial charge < -0.3 is 15.8 Å². The van der Waals surface area contributed by atoms with Crippen LogP contribution in [0.1, 0.15) is 33.1 Å². The molecule has 2 saturated heterocycles. The number of anilines is 2. The Morgan fingerprint density at radius 1 is 1.43 bits per heavy atom. The number of nitrogens with one attached hydrogen (secondary N) is 2. The highest BCUT2D eigenvalue weighted by atomic mass is 16.5. The summed E-state index contributed by atoms with van der Waals surface area (Å²) in [5.74, 6) is 0.467. The summed E-state index contributed by atoms with van der Waals surface area (Å²) < 4.78 is 7.19. The number of aromatic amines is 1. The molecule has 7 nitrogen and oxygen atoms in total. The molecule has 0 radical (unpaired) electrons. The Bertz CT molecular complexity index is 649. The first-order valence-electron chi connectivity index (χ1n) is 7.50. The fraction of sp³-hybridized carbons (Fsp3) is 0.714. The van der Waals surface area contributed by atoms with E-state index < -0.39 is 11.2 Å². The van der Waals surface area contributed by atoms with Gasteiger partial charge in [-0.15, -0.1) is 0 Å². The Morgan fingerprint density at radius 3 is 2.76 bits per heavy atom. The van der Waals surface area contributed by atoms with Crippen LogP contribution in [0.3, 0.4) is 0 Å². The van der Waals surface area contributed by atoms with Gasteiger partial charge in [-0.3, -0.25) is 14.3 Å². The molecule has 3 unspecified atom stereocenters. The summed E-state index contributed by atoms with van der Waals surface area (Å²) >= 11 is 0. The molecular weight excluding hydrogens is 272 g/mol. The highest BCUT2D eigenvalue weighted by Crippen LogP contribution is 2.36. The smallest absolute Gasteiger partial charge is 0.330 e. The SMILES string of the molecule is CC(C)Cn1c(N)c(NC2CC3CCC2O3)c(=O)[nH]c1=O. The first-order valence-corrected chi connectivity index (χ1v) is 7.50. The average Bonchev–Trinajstić information content (AvgIpc) is 3.01. The lowest BCUT2D eigenvalue weighted by Crippen LogP contribution is -2.39. The topological polar surface area (TPSA) is 102 Å². The van der Waals surface area contributed by atoms with Crippen LogP contribution in [-0.2, 0) is 11.3 Å². The number of fused-ring (bicyclic) bond motifs is 2. The van der Waals surface area contributed by atoms with Gasteiger partial charge in [-0.25, -0.2) is 4.79 Å². The van der Waals surface area contributed by atoms with Gasteiger partial charge in [-0.2, -0.15) is 0 Å². The molecule has 0 spiro atoms. The van der Waals surface area contributed by atoms with Gasteiger partial charge in [0.1, 0.15) is 11.5 Å². The molecule has 0 aromatic carbocycles. The maximum absolute atomic E-state index is 12.0. The van der Waals surface area contributed by atoms with E-state index in [2.05, 4.69) is 10.3 Å². The summed E-state index contributed by atoms with van der Waals surface area (Å²) in [5.41, 5.74) is 5.42. The van der Waals surface area contributed by atoms with Crippen LogP contribution < -0.4 is 22.3 Å². The number of aromatic nitrogens is 2. The zero-order valence-corrected chi connectivity index (χ0v) is 12.4. The molecule has 2 bridgehead atoms. The number of hydrogen-bond donors (Lipinski definition) is 3. The third-order valence-corrected chi connectivity index (χ3v) is 4.22. The molecule has 116 valence electrons. The average molecular weight is 294 g/mol. The van der Waals surface area contributed by atoms with E-state index in [0.29, 0.717) is 6.54 Å². The van der Waals surface area contributed by atoms with Crippen molar-refractivity contribution < 1.29 is 4.74 Å². The normalized spacial score (nSPS) is 27.5. The maximum atomic E-state index is 12.0. The van der Waals surface area contributed by atoms with Crippen LogP contribution in [0.2, 0.25) is 0 Å². The Kier molecular flexibility index (Phi) is 3.52. The van der Waals surface area contributed by atoms with E-state index in [1.807, 2.05) is 13.8 Å². The lowest BCUT2D eigenvalue weighted by atomic mass is 9.95. The van der Waals surface area contributed by atoms with Crippen LogP contribution in [-0.4, -0.2) is 27.8 Å². The van der Waals surface area contributed by atoms with Gasteiger partial charge in [-0.05, 0) is 25.2 Å². The monoisotopic (exact) mass is 294 g/mol. The minimum absolute atomic E-state index is 0.0946. The van der Waals surface area contributed by atoms with Crippen molar-refractivity contribution in [3.8, 4) is 0 Å². The molecule has 21 heavy (non-hydrogen) atoms. The molecule has 2 aliphatic rings. The molecule has 0 aliphatic carbocycles. The Morgan fingerprint density at radius 2 is 2.19 bits per heavy atom. The van der Waals surface area contributed by atoms with Crippen LogP contribution >= 0.6 is 0 Å². The first kappa shape index (κ1) is 14.2. The van der Waals surface area contributed by atoms with Gasteiger partial charge in [-0.1, -0.05) is 13.8 Å². The van der Waals surface area contributed by atoms with Crippen LogP contribution in [0.15, 0.2) is 9.59 Å². The van der Waals surface area contributed by atoms with E-state index in [1.54, 1.807) is 0 Å². The second kappa shape index (κ2) is 5.22. The van der Waals surface area contributed by atoms with Gasteiger partial charge >= 0.3 is 5.69 Å². The van der Waals surface area contributed by atoms with Gasteiger partial charge in [0, 0.05) is 6.54 Å². The second-order valence-electron chi connectivity index (χ2n) is 6.38. The number of H-pyrrole nitrogens is 1. The van der Waals surface area contributed by atoms with Gasteiger partial charge in [0.2, 0.25) is 0 Å². The Labute approximate surface area is 122 Å². The van der Waals surface area contributed by atoms with E-state index in [-0.39, 0.29) is 35.7 Å². The van der Waals surface area contributed by atoms with Crippen LogP contribution in [0.5, 0.6) is 0 Å². The zero-order valence-electron chi connectivity index (χ0n) is 12.4. The van der Waals surface area contributed by atoms with Gasteiger partial charge in [0.25, 0.3) is 5.56 Å². The van der Waals surface area contributed by atoms with Crippen LogP contribution in [0, 0.1) is 5.92 Å². The van der Waals surface area contributed by atoms with Crippen molar-refractivity contribution in [2.75, 3.05) is 11.1 Å². The molecule has 3 rings (SSSR count). The fourth-order valence-corrected chi connectivity index (χ4v) is 3.25. The van der Waals surface area contributed by atoms with Crippen molar-refractivity contribution >= 4 is 11.5 Å². The third kappa shape index (κ3) is 2.57. The largest absolute Gasteiger partial charge is 0.383 e. The predicted octanol–water partition coefficient (Wildman–Crippen LogP) is 0.507. The first-order chi connectivity index (χ1) is 9.95. The highest BCUT2D eigenvalue weighted by Gasteiger charge is 2.41. The van der Waals surface area contributed by atoms with Crippen molar-refractivity contribution in [2.45, 2.75) is 57.9 Å². The number of ether oxygens (including phenoxy) is 1. The zero-order chi connectivity index (χ0) is 15.1. The van der Waals surface area contributed by atoms with E-state index >= 15 is 0 Å². The summed E-state index contributed by atoms with van der Waals surface area (Å²) in [6.45, 7) is 4.46. The number of nitrogens with zero attached hydrogens (tertiary/aromatic N) is 1. The third-order valence-electron chi connectivity index (χ3n) is 4.22. The quantitative estimate of drug-likeness (QED) is 0.751. The molecule has 3 heterocycles. The van der Waals surface area contributed by atoms with Gasteiger partial charge in [0.15, 0.2) is 0 Å². The van der Waals surface area contributed by atoms with E-state index in [1.165, 1.54) is 4.57 Å². The molecular formula is C14H22N4O3. The van der Waals surface area contributed by atoms with Gasteiger partial charge in [0.05, 0.1) is 18.2 Å². The maximum Gasteiger partial charge on any atom is 0.330 e. The predicted molar refractivity (Wildman–Crippen MR) is 80.5 cm³/mol.